The fourth-order valence-electron chi connectivity index (χ4n) is 1.57. The van der Waals surface area contributed by atoms with E-state index in [-0.39, 0.29) is 0 Å². The number of rotatable bonds is 4. The summed E-state index contributed by atoms with van der Waals surface area (Å²) < 4.78 is 1.82. The lowest BCUT2D eigenvalue weighted by molar-refractivity contribution is 0.678. The van der Waals surface area contributed by atoms with Gasteiger partial charge in [-0.3, -0.25) is 4.68 Å². The van der Waals surface area contributed by atoms with E-state index in [0.29, 0.717) is 11.6 Å². The Bertz CT molecular complexity index is 470. The monoisotopic (exact) mass is 250 g/mol. The third-order valence-electron chi connectivity index (χ3n) is 2.41. The van der Waals surface area contributed by atoms with E-state index in [0.717, 1.165) is 23.6 Å². The fraction of sp³-hybridized carbons (Fsp3) is 0.333. The Kier molecular flexibility index (Phi) is 3.64. The van der Waals surface area contributed by atoms with Crippen LogP contribution in [0.25, 0.3) is 0 Å². The third-order valence-corrected chi connectivity index (χ3v) is 2.78. The maximum absolute atomic E-state index is 5.95. The van der Waals surface area contributed by atoms with E-state index in [1.807, 2.05) is 43.1 Å². The molecule has 0 amide bonds. The van der Waals surface area contributed by atoms with Crippen molar-refractivity contribution in [2.24, 2.45) is 0 Å². The van der Waals surface area contributed by atoms with Crippen LogP contribution < -0.4 is 5.32 Å². The minimum absolute atomic E-state index is 0.687. The molecule has 2 rings (SSSR count). The standard InChI is InChI=1S/C12H15ClN4/c1-3-14-12-5-4-10(6-15-12)7-17-8-11(13)9(2)16-17/h4-6,8H,3,7H2,1-2H3,(H,14,15). The Morgan fingerprint density at radius 1 is 1.41 bits per heavy atom. The Morgan fingerprint density at radius 2 is 2.24 bits per heavy atom. The molecule has 2 aromatic heterocycles. The zero-order chi connectivity index (χ0) is 12.3. The first-order valence-electron chi connectivity index (χ1n) is 5.57. The smallest absolute Gasteiger partial charge is 0.125 e. The molecule has 0 spiro atoms. The van der Waals surface area contributed by atoms with E-state index in [2.05, 4.69) is 15.4 Å². The van der Waals surface area contributed by atoms with Crippen LogP contribution in [0.2, 0.25) is 5.02 Å². The predicted molar refractivity (Wildman–Crippen MR) is 69.5 cm³/mol. The highest BCUT2D eigenvalue weighted by atomic mass is 35.5. The van der Waals surface area contributed by atoms with E-state index in [4.69, 9.17) is 11.6 Å². The molecular formula is C12H15ClN4. The van der Waals surface area contributed by atoms with Gasteiger partial charge in [0.2, 0.25) is 0 Å². The van der Waals surface area contributed by atoms with Gasteiger partial charge in [0.15, 0.2) is 0 Å². The highest BCUT2D eigenvalue weighted by molar-refractivity contribution is 6.31. The van der Waals surface area contributed by atoms with Crippen molar-refractivity contribution in [2.45, 2.75) is 20.4 Å². The van der Waals surface area contributed by atoms with E-state index in [1.54, 1.807) is 0 Å². The van der Waals surface area contributed by atoms with Gasteiger partial charge in [-0.05, 0) is 25.5 Å². The van der Waals surface area contributed by atoms with Crippen LogP contribution in [0.1, 0.15) is 18.2 Å². The lowest BCUT2D eigenvalue weighted by atomic mass is 10.3. The van der Waals surface area contributed by atoms with Crippen LogP contribution in [-0.4, -0.2) is 21.3 Å². The summed E-state index contributed by atoms with van der Waals surface area (Å²) in [5.74, 6) is 0.894. The van der Waals surface area contributed by atoms with Gasteiger partial charge < -0.3 is 5.32 Å². The molecule has 0 bridgehead atoms. The molecule has 0 aliphatic rings. The fourth-order valence-corrected chi connectivity index (χ4v) is 1.72. The van der Waals surface area contributed by atoms with Gasteiger partial charge in [-0.15, -0.1) is 0 Å². The molecule has 0 atom stereocenters. The van der Waals surface area contributed by atoms with Crippen LogP contribution in [0.15, 0.2) is 24.5 Å². The third kappa shape index (κ3) is 2.97. The summed E-state index contributed by atoms with van der Waals surface area (Å²) in [4.78, 5) is 4.31. The molecule has 0 saturated carbocycles. The molecule has 90 valence electrons. The second kappa shape index (κ2) is 5.19. The molecule has 0 aliphatic carbocycles. The molecule has 0 radical (unpaired) electrons. The lowest BCUT2D eigenvalue weighted by Crippen LogP contribution is -2.03. The summed E-state index contributed by atoms with van der Waals surface area (Å²) in [5, 5.41) is 8.16. The minimum Gasteiger partial charge on any atom is -0.370 e. The number of halogens is 1. The highest BCUT2D eigenvalue weighted by Gasteiger charge is 2.02. The summed E-state index contributed by atoms with van der Waals surface area (Å²) in [5.41, 5.74) is 1.95. The van der Waals surface area contributed by atoms with Gasteiger partial charge in [-0.1, -0.05) is 17.7 Å². The van der Waals surface area contributed by atoms with Crippen LogP contribution in [0.3, 0.4) is 0 Å². The summed E-state index contributed by atoms with van der Waals surface area (Å²) in [6.45, 7) is 5.50. The summed E-state index contributed by atoms with van der Waals surface area (Å²) in [6, 6.07) is 4.01. The Balaban J connectivity index is 2.08. The predicted octanol–water partition coefficient (Wildman–Crippen LogP) is 2.72. The lowest BCUT2D eigenvalue weighted by Gasteiger charge is -2.04. The first-order valence-corrected chi connectivity index (χ1v) is 5.95. The molecule has 4 nitrogen and oxygen atoms in total. The van der Waals surface area contributed by atoms with Crippen molar-refractivity contribution in [3.63, 3.8) is 0 Å². The Morgan fingerprint density at radius 3 is 2.76 bits per heavy atom. The molecule has 2 heterocycles. The average Bonchev–Trinajstić information content (AvgIpc) is 2.61. The zero-order valence-corrected chi connectivity index (χ0v) is 10.7. The second-order valence-corrected chi connectivity index (χ2v) is 4.25. The van der Waals surface area contributed by atoms with Crippen LogP contribution in [-0.2, 0) is 6.54 Å². The minimum atomic E-state index is 0.687. The van der Waals surface area contributed by atoms with Crippen LogP contribution in [0.4, 0.5) is 5.82 Å². The van der Waals surface area contributed by atoms with Gasteiger partial charge in [-0.2, -0.15) is 5.10 Å². The number of pyridine rings is 1. The van der Waals surface area contributed by atoms with E-state index in [9.17, 15) is 0 Å². The van der Waals surface area contributed by atoms with Crippen molar-refractivity contribution in [2.75, 3.05) is 11.9 Å². The first kappa shape index (κ1) is 11.9. The van der Waals surface area contributed by atoms with Crippen molar-refractivity contribution in [3.05, 3.63) is 40.8 Å². The van der Waals surface area contributed by atoms with E-state index >= 15 is 0 Å². The van der Waals surface area contributed by atoms with Crippen molar-refractivity contribution < 1.29 is 0 Å². The number of hydrogen-bond acceptors (Lipinski definition) is 3. The molecule has 5 heteroatoms. The Hall–Kier alpha value is -1.55. The summed E-state index contributed by atoms with van der Waals surface area (Å²) >= 11 is 5.95. The number of anilines is 1. The SMILES string of the molecule is CCNc1ccc(Cn2cc(Cl)c(C)n2)cn1. The van der Waals surface area contributed by atoms with Gasteiger partial charge in [0, 0.05) is 18.9 Å². The van der Waals surface area contributed by atoms with E-state index in [1.165, 1.54) is 0 Å². The molecule has 0 aromatic carbocycles. The summed E-state index contributed by atoms with van der Waals surface area (Å²) in [6.07, 6.45) is 3.68. The number of nitrogens with one attached hydrogen (secondary N) is 1. The molecule has 0 unspecified atom stereocenters. The van der Waals surface area contributed by atoms with Crippen molar-refractivity contribution >= 4 is 17.4 Å². The number of nitrogens with zero attached hydrogens (tertiary/aromatic N) is 3. The van der Waals surface area contributed by atoms with Crippen LogP contribution in [0.5, 0.6) is 0 Å². The number of hydrogen-bond donors (Lipinski definition) is 1. The van der Waals surface area contributed by atoms with Gasteiger partial charge in [0.25, 0.3) is 0 Å². The van der Waals surface area contributed by atoms with Gasteiger partial charge >= 0.3 is 0 Å². The molecule has 17 heavy (non-hydrogen) atoms. The maximum atomic E-state index is 5.95. The molecule has 2 aromatic rings. The van der Waals surface area contributed by atoms with Crippen molar-refractivity contribution in [1.82, 2.24) is 14.8 Å². The van der Waals surface area contributed by atoms with Crippen LogP contribution in [0, 0.1) is 6.92 Å². The molecule has 1 N–H and O–H groups in total. The second-order valence-electron chi connectivity index (χ2n) is 3.84. The topological polar surface area (TPSA) is 42.7 Å². The zero-order valence-electron chi connectivity index (χ0n) is 9.94. The Labute approximate surface area is 106 Å². The normalized spacial score (nSPS) is 10.5. The summed E-state index contributed by atoms with van der Waals surface area (Å²) in [7, 11) is 0. The maximum Gasteiger partial charge on any atom is 0.125 e. The molecule has 0 fully saturated rings. The first-order chi connectivity index (χ1) is 8.19. The molecular weight excluding hydrogens is 236 g/mol. The van der Waals surface area contributed by atoms with Crippen LogP contribution >= 0.6 is 11.6 Å². The van der Waals surface area contributed by atoms with Gasteiger partial charge in [-0.25, -0.2) is 4.98 Å². The molecule has 0 saturated heterocycles. The van der Waals surface area contributed by atoms with E-state index < -0.39 is 0 Å². The number of aryl methyl sites for hydroxylation is 1. The highest BCUT2D eigenvalue weighted by Crippen LogP contribution is 2.13. The number of aromatic nitrogens is 3. The van der Waals surface area contributed by atoms with Gasteiger partial charge in [0.1, 0.15) is 5.82 Å². The van der Waals surface area contributed by atoms with Crippen molar-refractivity contribution in [3.8, 4) is 0 Å². The average molecular weight is 251 g/mol. The van der Waals surface area contributed by atoms with Crippen molar-refractivity contribution in [1.29, 1.82) is 0 Å². The largest absolute Gasteiger partial charge is 0.370 e. The molecule has 0 aliphatic heterocycles. The quantitative estimate of drug-likeness (QED) is 0.907. The van der Waals surface area contributed by atoms with Gasteiger partial charge in [0.05, 0.1) is 17.3 Å².